The van der Waals surface area contributed by atoms with E-state index in [1.165, 1.54) is 12.1 Å². The molecule has 2 N–H and O–H groups in total. The highest BCUT2D eigenvalue weighted by molar-refractivity contribution is 6.17. The largest absolute Gasteiger partial charge is 0.390 e. The number of halogens is 2. The van der Waals surface area contributed by atoms with Crippen LogP contribution in [0.5, 0.6) is 0 Å². The van der Waals surface area contributed by atoms with Crippen LogP contribution in [0.2, 0.25) is 0 Å². The monoisotopic (exact) mass is 246 g/mol. The van der Waals surface area contributed by atoms with Gasteiger partial charge in [0, 0.05) is 17.0 Å². The van der Waals surface area contributed by atoms with Crippen molar-refractivity contribution in [2.75, 3.05) is 5.88 Å². The van der Waals surface area contributed by atoms with Gasteiger partial charge in [-0.15, -0.1) is 11.6 Å². The molecule has 0 fully saturated rings. The van der Waals surface area contributed by atoms with E-state index in [-0.39, 0.29) is 23.4 Å². The molecule has 0 bridgehead atoms. The average Bonchev–Trinajstić information content (AvgIpc) is 2.28. The number of aldehydes is 1. The fraction of sp³-hybridized carbons (Fsp3) is 0.364. The standard InChI is InChI=1S/C11H12ClFO3/c12-4-3-10(15)11(16)8-2-1-7(6-14)5-9(8)13/h1-2,5-6,10-11,15-16H,3-4H2. The second-order valence-electron chi connectivity index (χ2n) is 3.39. The first-order valence-corrected chi connectivity index (χ1v) is 5.30. The van der Waals surface area contributed by atoms with E-state index >= 15 is 0 Å². The number of hydrogen-bond acceptors (Lipinski definition) is 3. The van der Waals surface area contributed by atoms with Gasteiger partial charge in [0.05, 0.1) is 6.10 Å². The van der Waals surface area contributed by atoms with Gasteiger partial charge in [0.2, 0.25) is 0 Å². The summed E-state index contributed by atoms with van der Waals surface area (Å²) in [6.45, 7) is 0. The molecule has 5 heteroatoms. The molecule has 0 aliphatic rings. The van der Waals surface area contributed by atoms with E-state index in [4.69, 9.17) is 11.6 Å². The van der Waals surface area contributed by atoms with Crippen molar-refractivity contribution in [3.63, 3.8) is 0 Å². The van der Waals surface area contributed by atoms with Gasteiger partial charge in [-0.05, 0) is 12.5 Å². The van der Waals surface area contributed by atoms with Gasteiger partial charge in [-0.3, -0.25) is 4.79 Å². The van der Waals surface area contributed by atoms with Gasteiger partial charge in [-0.25, -0.2) is 4.39 Å². The molecule has 0 aromatic heterocycles. The Kier molecular flexibility index (Phi) is 4.86. The van der Waals surface area contributed by atoms with Crippen LogP contribution in [0, 0.1) is 5.82 Å². The Hall–Kier alpha value is -0.970. The Morgan fingerprint density at radius 3 is 2.62 bits per heavy atom. The highest BCUT2D eigenvalue weighted by atomic mass is 35.5. The van der Waals surface area contributed by atoms with Crippen LogP contribution in [-0.4, -0.2) is 28.5 Å². The maximum absolute atomic E-state index is 13.4. The van der Waals surface area contributed by atoms with E-state index in [2.05, 4.69) is 0 Å². The molecule has 16 heavy (non-hydrogen) atoms. The highest BCUT2D eigenvalue weighted by Gasteiger charge is 2.21. The minimum atomic E-state index is -1.33. The van der Waals surface area contributed by atoms with E-state index in [9.17, 15) is 19.4 Å². The Bertz CT molecular complexity index is 370. The zero-order chi connectivity index (χ0) is 12.1. The molecule has 1 aromatic rings. The molecule has 0 spiro atoms. The van der Waals surface area contributed by atoms with E-state index < -0.39 is 18.0 Å². The topological polar surface area (TPSA) is 57.5 Å². The van der Waals surface area contributed by atoms with Crippen molar-refractivity contribution in [2.45, 2.75) is 18.6 Å². The SMILES string of the molecule is O=Cc1ccc(C(O)C(O)CCCl)c(F)c1. The fourth-order valence-corrected chi connectivity index (χ4v) is 1.56. The first kappa shape index (κ1) is 13.1. The van der Waals surface area contributed by atoms with Crippen molar-refractivity contribution in [1.29, 1.82) is 0 Å². The Morgan fingerprint density at radius 1 is 1.44 bits per heavy atom. The van der Waals surface area contributed by atoms with Crippen LogP contribution in [0.25, 0.3) is 0 Å². The van der Waals surface area contributed by atoms with E-state index in [1.807, 2.05) is 0 Å². The van der Waals surface area contributed by atoms with Gasteiger partial charge in [-0.1, -0.05) is 12.1 Å². The molecule has 2 unspecified atom stereocenters. The third-order valence-corrected chi connectivity index (χ3v) is 2.47. The lowest BCUT2D eigenvalue weighted by atomic mass is 10.0. The van der Waals surface area contributed by atoms with Crippen LogP contribution < -0.4 is 0 Å². The number of aliphatic hydroxyl groups excluding tert-OH is 2. The molecule has 0 heterocycles. The molecule has 1 rings (SSSR count). The maximum Gasteiger partial charge on any atom is 0.150 e. The van der Waals surface area contributed by atoms with Crippen LogP contribution in [0.3, 0.4) is 0 Å². The smallest absolute Gasteiger partial charge is 0.150 e. The van der Waals surface area contributed by atoms with E-state index in [0.29, 0.717) is 6.29 Å². The van der Waals surface area contributed by atoms with Crippen molar-refractivity contribution >= 4 is 17.9 Å². The van der Waals surface area contributed by atoms with Crippen molar-refractivity contribution in [1.82, 2.24) is 0 Å². The summed E-state index contributed by atoms with van der Waals surface area (Å²) in [6.07, 6.45) is -1.78. The Labute approximate surface area is 97.5 Å². The summed E-state index contributed by atoms with van der Waals surface area (Å²) in [5, 5.41) is 19.1. The molecule has 88 valence electrons. The van der Waals surface area contributed by atoms with Gasteiger partial charge in [0.25, 0.3) is 0 Å². The zero-order valence-electron chi connectivity index (χ0n) is 8.44. The summed E-state index contributed by atoms with van der Waals surface area (Å²) < 4.78 is 13.4. The first-order valence-electron chi connectivity index (χ1n) is 4.77. The summed E-state index contributed by atoms with van der Waals surface area (Å²) in [7, 11) is 0. The third kappa shape index (κ3) is 3.01. The summed E-state index contributed by atoms with van der Waals surface area (Å²) in [5.74, 6) is -0.544. The summed E-state index contributed by atoms with van der Waals surface area (Å²) in [5.41, 5.74) is 0.142. The fourth-order valence-electron chi connectivity index (χ4n) is 1.33. The minimum Gasteiger partial charge on any atom is -0.390 e. The van der Waals surface area contributed by atoms with Crippen LogP contribution >= 0.6 is 11.6 Å². The van der Waals surface area contributed by atoms with E-state index in [0.717, 1.165) is 6.07 Å². The number of carbonyl (C=O) groups excluding carboxylic acids is 1. The van der Waals surface area contributed by atoms with Crippen molar-refractivity contribution in [3.05, 3.63) is 35.1 Å². The number of hydrogen-bond donors (Lipinski definition) is 2. The molecule has 0 aliphatic carbocycles. The van der Waals surface area contributed by atoms with Crippen molar-refractivity contribution < 1.29 is 19.4 Å². The zero-order valence-corrected chi connectivity index (χ0v) is 9.19. The second-order valence-corrected chi connectivity index (χ2v) is 3.77. The Morgan fingerprint density at radius 2 is 2.12 bits per heavy atom. The van der Waals surface area contributed by atoms with Crippen LogP contribution in [0.15, 0.2) is 18.2 Å². The number of alkyl halides is 1. The molecule has 2 atom stereocenters. The van der Waals surface area contributed by atoms with Crippen molar-refractivity contribution in [3.8, 4) is 0 Å². The van der Waals surface area contributed by atoms with Crippen molar-refractivity contribution in [2.24, 2.45) is 0 Å². The van der Waals surface area contributed by atoms with Crippen LogP contribution in [-0.2, 0) is 0 Å². The lowest BCUT2D eigenvalue weighted by Gasteiger charge is -2.17. The minimum absolute atomic E-state index is 0.0387. The van der Waals surface area contributed by atoms with Gasteiger partial charge < -0.3 is 10.2 Å². The van der Waals surface area contributed by atoms with Gasteiger partial charge >= 0.3 is 0 Å². The summed E-state index contributed by atoms with van der Waals surface area (Å²) in [6, 6.07) is 3.67. The molecule has 3 nitrogen and oxygen atoms in total. The maximum atomic E-state index is 13.4. The number of benzene rings is 1. The van der Waals surface area contributed by atoms with Gasteiger partial charge in [0.15, 0.2) is 0 Å². The molecular formula is C11H12ClFO3. The Balaban J connectivity index is 2.91. The van der Waals surface area contributed by atoms with Gasteiger partial charge in [0.1, 0.15) is 18.2 Å². The molecule has 0 aliphatic heterocycles. The number of carbonyl (C=O) groups is 1. The molecule has 0 radical (unpaired) electrons. The molecule has 0 saturated heterocycles. The second kappa shape index (κ2) is 5.94. The number of rotatable bonds is 5. The summed E-state index contributed by atoms with van der Waals surface area (Å²) in [4.78, 5) is 10.4. The average molecular weight is 247 g/mol. The predicted molar refractivity (Wildman–Crippen MR) is 58.1 cm³/mol. The van der Waals surface area contributed by atoms with E-state index in [1.54, 1.807) is 0 Å². The molecule has 0 saturated carbocycles. The third-order valence-electron chi connectivity index (χ3n) is 2.25. The molecular weight excluding hydrogens is 235 g/mol. The quantitative estimate of drug-likeness (QED) is 0.614. The summed E-state index contributed by atoms with van der Waals surface area (Å²) >= 11 is 5.40. The van der Waals surface area contributed by atoms with Gasteiger partial charge in [-0.2, -0.15) is 0 Å². The molecule has 0 amide bonds. The highest BCUT2D eigenvalue weighted by Crippen LogP contribution is 2.22. The lowest BCUT2D eigenvalue weighted by Crippen LogP contribution is -2.19. The van der Waals surface area contributed by atoms with Crippen LogP contribution in [0.1, 0.15) is 28.4 Å². The van der Waals surface area contributed by atoms with Crippen LogP contribution in [0.4, 0.5) is 4.39 Å². The number of aliphatic hydroxyl groups is 2. The first-order chi connectivity index (χ1) is 7.60. The predicted octanol–water partition coefficient (Wildman–Crippen LogP) is 1.66. The lowest BCUT2D eigenvalue weighted by molar-refractivity contribution is 0.0149. The molecule has 1 aromatic carbocycles. The normalized spacial score (nSPS) is 14.5.